The van der Waals surface area contributed by atoms with Crippen LogP contribution in [0.15, 0.2) is 24.3 Å². The maximum absolute atomic E-state index is 6.78. The summed E-state index contributed by atoms with van der Waals surface area (Å²) in [6.07, 6.45) is 3.28. The zero-order chi connectivity index (χ0) is 17.0. The molecule has 0 aromatic heterocycles. The number of fused-ring (bicyclic) bond motifs is 3. The molecule has 12 rings (SSSR count). The van der Waals surface area contributed by atoms with Crippen LogP contribution in [0.5, 0.6) is 5.75 Å². The number of rotatable bonds is 0. The minimum absolute atomic E-state index is 0.546. The fourth-order valence-corrected chi connectivity index (χ4v) is 16.6. The highest BCUT2D eigenvalue weighted by molar-refractivity contribution is 5.57. The van der Waals surface area contributed by atoms with E-state index in [4.69, 9.17) is 4.74 Å². The Morgan fingerprint density at radius 1 is 0.679 bits per heavy atom. The molecule has 0 saturated heterocycles. The molecule has 28 heavy (non-hydrogen) atoms. The number of benzene rings is 1. The summed E-state index contributed by atoms with van der Waals surface area (Å²) >= 11 is 0. The lowest BCUT2D eigenvalue weighted by Crippen LogP contribution is -2.56. The Hall–Kier alpha value is -0.980. The zero-order valence-corrected chi connectivity index (χ0v) is 16.1. The number of para-hydroxylation sites is 1. The van der Waals surface area contributed by atoms with E-state index in [0.717, 1.165) is 65.8 Å². The van der Waals surface area contributed by atoms with Crippen molar-refractivity contribution in [1.29, 1.82) is 0 Å². The lowest BCUT2D eigenvalue weighted by molar-refractivity contribution is -0.0313. The molecule has 0 bridgehead atoms. The second-order valence-corrected chi connectivity index (χ2v) is 13.5. The third-order valence-electron chi connectivity index (χ3n) is 15.0. The molecule has 140 valence electrons. The third kappa shape index (κ3) is 0.706. The van der Waals surface area contributed by atoms with Crippen LogP contribution in [0, 0.1) is 100 Å². The molecule has 1 nitrogen and oxygen atoms in total. The minimum Gasteiger partial charge on any atom is -0.493 e. The molecule has 1 aromatic carbocycles. The van der Waals surface area contributed by atoms with E-state index in [-0.39, 0.29) is 0 Å². The van der Waals surface area contributed by atoms with Crippen molar-refractivity contribution in [2.24, 2.45) is 100 Å². The molecule has 10 saturated carbocycles. The number of ether oxygens (including phenoxy) is 1. The minimum atomic E-state index is 0.546. The lowest BCUT2D eigenvalue weighted by Gasteiger charge is -2.55. The monoisotopic (exact) mass is 366 g/mol. The molecule has 18 atom stereocenters. The van der Waals surface area contributed by atoms with E-state index in [1.807, 2.05) is 0 Å². The van der Waals surface area contributed by atoms with Crippen molar-refractivity contribution < 1.29 is 4.74 Å². The Morgan fingerprint density at radius 3 is 2.04 bits per heavy atom. The van der Waals surface area contributed by atoms with E-state index < -0.39 is 0 Å². The quantitative estimate of drug-likeness (QED) is 0.672. The second-order valence-electron chi connectivity index (χ2n) is 13.5. The van der Waals surface area contributed by atoms with E-state index in [2.05, 4.69) is 24.3 Å². The Kier molecular flexibility index (Phi) is 1.38. The van der Waals surface area contributed by atoms with Crippen LogP contribution in [0.25, 0.3) is 0 Å². The van der Waals surface area contributed by atoms with Crippen molar-refractivity contribution in [3.8, 4) is 5.75 Å². The van der Waals surface area contributed by atoms with Gasteiger partial charge in [0.15, 0.2) is 0 Å². The fourth-order valence-electron chi connectivity index (χ4n) is 16.6. The summed E-state index contributed by atoms with van der Waals surface area (Å²) in [6, 6.07) is 9.51. The molecule has 1 aromatic rings. The molecule has 4 unspecified atom stereocenters. The van der Waals surface area contributed by atoms with Crippen LogP contribution in [-0.4, -0.2) is 6.61 Å². The molecule has 10 fully saturated rings. The normalized spacial score (nSPS) is 81.0. The van der Waals surface area contributed by atoms with Crippen molar-refractivity contribution in [2.45, 2.75) is 18.3 Å². The van der Waals surface area contributed by atoms with Gasteiger partial charge >= 0.3 is 0 Å². The van der Waals surface area contributed by atoms with Gasteiger partial charge in [0, 0.05) is 16.4 Å². The first-order chi connectivity index (χ1) is 13.9. The predicted molar refractivity (Wildman–Crippen MR) is 101 cm³/mol. The van der Waals surface area contributed by atoms with E-state index in [1.54, 1.807) is 18.4 Å². The van der Waals surface area contributed by atoms with Gasteiger partial charge in [-0.1, -0.05) is 18.2 Å². The first-order valence-corrected chi connectivity index (χ1v) is 12.6. The van der Waals surface area contributed by atoms with Gasteiger partial charge < -0.3 is 4.74 Å². The SMILES string of the molecule is c1ccc2c(c1)OCC13[C@@H]4[C@H]5[C@H]6[C@H]7C8C9[C@H]6C[C@H]5C21[C@@H]1C[C@H]9[C@H]2[C@H]8[C@H]([C@H]74)[C@@H]3[C@H]21. The summed E-state index contributed by atoms with van der Waals surface area (Å²) in [7, 11) is 0. The number of hydrogen-bond donors (Lipinski definition) is 0. The van der Waals surface area contributed by atoms with E-state index >= 15 is 0 Å². The molecule has 0 N–H and O–H groups in total. The second kappa shape index (κ2) is 3.05. The maximum atomic E-state index is 6.78. The van der Waals surface area contributed by atoms with Crippen molar-refractivity contribution in [3.05, 3.63) is 29.8 Å². The molecule has 0 amide bonds. The first kappa shape index (κ1) is 12.7. The van der Waals surface area contributed by atoms with Gasteiger partial charge in [0.05, 0.1) is 6.61 Å². The molecule has 1 aliphatic heterocycles. The predicted octanol–water partition coefficient (Wildman–Crippen LogP) is 4.08. The smallest absolute Gasteiger partial charge is 0.123 e. The van der Waals surface area contributed by atoms with Gasteiger partial charge in [0.1, 0.15) is 5.75 Å². The third-order valence-corrected chi connectivity index (χ3v) is 15.0. The van der Waals surface area contributed by atoms with Crippen LogP contribution in [0.3, 0.4) is 0 Å². The maximum Gasteiger partial charge on any atom is 0.123 e. The Morgan fingerprint density at radius 2 is 1.32 bits per heavy atom. The van der Waals surface area contributed by atoms with Crippen LogP contribution in [0.2, 0.25) is 0 Å². The van der Waals surface area contributed by atoms with Crippen LogP contribution in [-0.2, 0) is 5.41 Å². The highest BCUT2D eigenvalue weighted by Crippen LogP contribution is 3.01. The van der Waals surface area contributed by atoms with E-state index in [0.29, 0.717) is 10.8 Å². The molecule has 10 aliphatic carbocycles. The molecule has 1 spiro atoms. The van der Waals surface area contributed by atoms with Crippen molar-refractivity contribution in [1.82, 2.24) is 0 Å². The summed E-state index contributed by atoms with van der Waals surface area (Å²) in [5.74, 6) is 19.6. The number of hydrogen-bond acceptors (Lipinski definition) is 1. The molecule has 1 heterocycles. The average Bonchev–Trinajstić information content (AvgIpc) is 3.46. The summed E-state index contributed by atoms with van der Waals surface area (Å²) in [4.78, 5) is 0. The van der Waals surface area contributed by atoms with Gasteiger partial charge in [-0.3, -0.25) is 0 Å². The van der Waals surface area contributed by atoms with Crippen molar-refractivity contribution in [3.63, 3.8) is 0 Å². The highest BCUT2D eigenvalue weighted by Gasteiger charge is 3.00. The zero-order valence-electron chi connectivity index (χ0n) is 16.1. The fraction of sp³-hybridized carbons (Fsp3) is 0.778. The molecule has 1 heteroatoms. The van der Waals surface area contributed by atoms with Gasteiger partial charge in [0.2, 0.25) is 0 Å². The summed E-state index contributed by atoms with van der Waals surface area (Å²) in [5, 5.41) is 0. The molecular weight excluding hydrogens is 340 g/mol. The van der Waals surface area contributed by atoms with Crippen molar-refractivity contribution in [2.75, 3.05) is 6.61 Å². The first-order valence-electron chi connectivity index (χ1n) is 12.6. The standard InChI is InChI=1S/C27H26O/c1-2-4-13-10(3-1)27-11-5-8-14-9-6-12(27)18-16(9)21-19(14)20-15(8)17(11)24-22(20)23(21)25(18)26(24,27)7-28-13/h1-4,8-9,11-12,14-25H,5-7H2/t8-,9-,11-,12-,14?,15-,16+,17+,18-,19?,20-,21+,22-,23+,24+,25-,26?,27?/m1/s1. The van der Waals surface area contributed by atoms with Gasteiger partial charge in [-0.15, -0.1) is 0 Å². The Labute approximate surface area is 165 Å². The van der Waals surface area contributed by atoms with E-state index in [9.17, 15) is 0 Å². The van der Waals surface area contributed by atoms with Crippen molar-refractivity contribution >= 4 is 0 Å². The molecular formula is C27H26O. The van der Waals surface area contributed by atoms with Gasteiger partial charge in [-0.2, -0.15) is 0 Å². The van der Waals surface area contributed by atoms with Gasteiger partial charge in [-0.05, 0) is 114 Å². The highest BCUT2D eigenvalue weighted by atomic mass is 16.5. The summed E-state index contributed by atoms with van der Waals surface area (Å²) in [5.41, 5.74) is 2.86. The van der Waals surface area contributed by atoms with Gasteiger partial charge in [0.25, 0.3) is 0 Å². The lowest BCUT2D eigenvalue weighted by atomic mass is 9.51. The van der Waals surface area contributed by atoms with Crippen LogP contribution in [0.1, 0.15) is 18.4 Å². The topological polar surface area (TPSA) is 9.23 Å². The average molecular weight is 367 g/mol. The molecule has 11 aliphatic rings. The van der Waals surface area contributed by atoms with Crippen LogP contribution < -0.4 is 4.74 Å². The summed E-state index contributed by atoms with van der Waals surface area (Å²) in [6.45, 7) is 1.12. The Balaban J connectivity index is 1.35. The molecule has 0 radical (unpaired) electrons. The van der Waals surface area contributed by atoms with Crippen LogP contribution in [0.4, 0.5) is 0 Å². The largest absolute Gasteiger partial charge is 0.493 e. The summed E-state index contributed by atoms with van der Waals surface area (Å²) < 4.78 is 6.78. The van der Waals surface area contributed by atoms with E-state index in [1.165, 1.54) is 41.3 Å². The Bertz CT molecular complexity index is 1040. The van der Waals surface area contributed by atoms with Gasteiger partial charge in [-0.25, -0.2) is 0 Å². The van der Waals surface area contributed by atoms with Crippen LogP contribution >= 0.6 is 0 Å².